The van der Waals surface area contributed by atoms with Gasteiger partial charge >= 0.3 is 0 Å². The SMILES string of the molecule is COc1ccc2c(c1)CC[C@@H]1[C@@H]2CC[C@]2(C)[C@@H](NCc3ccccc3Cl)CC[C@@H]12. The van der Waals surface area contributed by atoms with Crippen molar-refractivity contribution in [3.63, 3.8) is 0 Å². The van der Waals surface area contributed by atoms with Crippen LogP contribution in [0.2, 0.25) is 5.02 Å². The van der Waals surface area contributed by atoms with E-state index in [-0.39, 0.29) is 0 Å². The first-order valence-corrected chi connectivity index (χ1v) is 11.6. The highest BCUT2D eigenvalue weighted by atomic mass is 35.5. The Morgan fingerprint density at radius 3 is 2.79 bits per heavy atom. The van der Waals surface area contributed by atoms with Crippen LogP contribution >= 0.6 is 11.6 Å². The summed E-state index contributed by atoms with van der Waals surface area (Å²) in [5.74, 6) is 3.42. The molecular weight excluding hydrogens is 378 g/mol. The minimum absolute atomic E-state index is 0.409. The van der Waals surface area contributed by atoms with E-state index in [1.54, 1.807) is 12.7 Å². The van der Waals surface area contributed by atoms with Crippen LogP contribution in [0.4, 0.5) is 0 Å². The zero-order chi connectivity index (χ0) is 20.0. The Hall–Kier alpha value is -1.51. The van der Waals surface area contributed by atoms with Gasteiger partial charge in [-0.2, -0.15) is 0 Å². The first-order valence-electron chi connectivity index (χ1n) is 11.2. The van der Waals surface area contributed by atoms with Crippen molar-refractivity contribution in [3.8, 4) is 5.75 Å². The predicted octanol–water partition coefficient (Wildman–Crippen LogP) is 6.36. The molecule has 0 saturated heterocycles. The van der Waals surface area contributed by atoms with E-state index in [0.717, 1.165) is 35.1 Å². The number of nitrogens with one attached hydrogen (secondary N) is 1. The van der Waals surface area contributed by atoms with Crippen LogP contribution in [0.15, 0.2) is 42.5 Å². The van der Waals surface area contributed by atoms with Crippen LogP contribution < -0.4 is 10.1 Å². The summed E-state index contributed by atoms with van der Waals surface area (Å²) < 4.78 is 5.47. The lowest BCUT2D eigenvalue weighted by molar-refractivity contribution is 0.0408. The monoisotopic (exact) mass is 409 g/mol. The summed E-state index contributed by atoms with van der Waals surface area (Å²) in [6.07, 6.45) is 7.85. The summed E-state index contributed by atoms with van der Waals surface area (Å²) in [6, 6.07) is 15.6. The molecule has 2 fully saturated rings. The third kappa shape index (κ3) is 3.29. The Kier molecular flexibility index (Phi) is 5.12. The molecule has 0 spiro atoms. The van der Waals surface area contributed by atoms with Crippen LogP contribution in [0, 0.1) is 17.3 Å². The highest BCUT2D eigenvalue weighted by molar-refractivity contribution is 6.31. The summed E-state index contributed by atoms with van der Waals surface area (Å²) in [6.45, 7) is 3.44. The lowest BCUT2D eigenvalue weighted by atomic mass is 9.55. The fraction of sp³-hybridized carbons (Fsp3) is 0.538. The smallest absolute Gasteiger partial charge is 0.119 e. The maximum atomic E-state index is 6.39. The van der Waals surface area contributed by atoms with E-state index in [1.807, 2.05) is 12.1 Å². The largest absolute Gasteiger partial charge is 0.497 e. The van der Waals surface area contributed by atoms with Crippen molar-refractivity contribution in [1.29, 1.82) is 0 Å². The minimum Gasteiger partial charge on any atom is -0.497 e. The van der Waals surface area contributed by atoms with Crippen molar-refractivity contribution >= 4 is 11.6 Å². The lowest BCUT2D eigenvalue weighted by Gasteiger charge is -2.51. The Morgan fingerprint density at radius 2 is 1.97 bits per heavy atom. The third-order valence-corrected chi connectivity index (χ3v) is 8.80. The molecule has 2 saturated carbocycles. The fourth-order valence-electron chi connectivity index (χ4n) is 6.90. The lowest BCUT2D eigenvalue weighted by Crippen LogP contribution is -2.48. The molecule has 0 bridgehead atoms. The molecule has 2 aromatic rings. The third-order valence-electron chi connectivity index (χ3n) is 8.43. The van der Waals surface area contributed by atoms with Crippen molar-refractivity contribution in [1.82, 2.24) is 5.32 Å². The molecule has 5 rings (SSSR count). The van der Waals surface area contributed by atoms with Crippen molar-refractivity contribution in [2.45, 2.75) is 64.0 Å². The summed E-state index contributed by atoms with van der Waals surface area (Å²) >= 11 is 6.39. The fourth-order valence-corrected chi connectivity index (χ4v) is 7.10. The van der Waals surface area contributed by atoms with Crippen molar-refractivity contribution in [2.24, 2.45) is 17.3 Å². The maximum absolute atomic E-state index is 6.39. The quantitative estimate of drug-likeness (QED) is 0.634. The topological polar surface area (TPSA) is 21.3 Å². The molecule has 3 heteroatoms. The average molecular weight is 410 g/mol. The highest BCUT2D eigenvalue weighted by Crippen LogP contribution is 2.61. The van der Waals surface area contributed by atoms with Gasteiger partial charge in [-0.1, -0.05) is 42.8 Å². The summed E-state index contributed by atoms with van der Waals surface area (Å²) in [7, 11) is 1.77. The Balaban J connectivity index is 1.33. The van der Waals surface area contributed by atoms with Crippen molar-refractivity contribution in [3.05, 3.63) is 64.2 Å². The molecule has 1 N–H and O–H groups in total. The Morgan fingerprint density at radius 1 is 1.10 bits per heavy atom. The summed E-state index contributed by atoms with van der Waals surface area (Å²) in [5, 5.41) is 4.78. The number of halogens is 1. The van der Waals surface area contributed by atoms with Gasteiger partial charge in [0.1, 0.15) is 5.75 Å². The van der Waals surface area contributed by atoms with Crippen LogP contribution in [0.25, 0.3) is 0 Å². The minimum atomic E-state index is 0.409. The van der Waals surface area contributed by atoms with Gasteiger partial charge in [-0.15, -0.1) is 0 Å². The number of ether oxygens (including phenoxy) is 1. The van der Waals surface area contributed by atoms with Gasteiger partial charge in [-0.3, -0.25) is 0 Å². The number of rotatable bonds is 4. The molecule has 29 heavy (non-hydrogen) atoms. The van der Waals surface area contributed by atoms with Crippen molar-refractivity contribution in [2.75, 3.05) is 7.11 Å². The molecule has 2 nitrogen and oxygen atoms in total. The summed E-state index contributed by atoms with van der Waals surface area (Å²) in [5.41, 5.74) is 4.76. The second-order valence-electron chi connectivity index (χ2n) is 9.63. The first kappa shape index (κ1) is 19.5. The highest BCUT2D eigenvalue weighted by Gasteiger charge is 2.54. The molecule has 0 aromatic heterocycles. The van der Waals surface area contributed by atoms with Crippen LogP contribution in [0.1, 0.15) is 61.6 Å². The zero-order valence-electron chi connectivity index (χ0n) is 17.6. The number of aryl methyl sites for hydroxylation is 1. The van der Waals surface area contributed by atoms with Crippen molar-refractivity contribution < 1.29 is 4.74 Å². The first-order chi connectivity index (χ1) is 14.1. The second kappa shape index (κ2) is 7.63. The molecule has 0 unspecified atom stereocenters. The Bertz CT molecular complexity index is 896. The molecule has 0 amide bonds. The van der Waals surface area contributed by atoms with Gasteiger partial charge in [-0.05, 0) is 96.6 Å². The van der Waals surface area contributed by atoms with E-state index in [2.05, 4.69) is 42.6 Å². The number of hydrogen-bond donors (Lipinski definition) is 1. The van der Waals surface area contributed by atoms with Gasteiger partial charge in [-0.25, -0.2) is 0 Å². The van der Waals surface area contributed by atoms with Gasteiger partial charge < -0.3 is 10.1 Å². The van der Waals surface area contributed by atoms with E-state index in [0.29, 0.717) is 11.5 Å². The van der Waals surface area contributed by atoms with E-state index in [9.17, 15) is 0 Å². The molecule has 3 aliphatic carbocycles. The van der Waals surface area contributed by atoms with Gasteiger partial charge in [0.25, 0.3) is 0 Å². The van der Waals surface area contributed by atoms with Crippen LogP contribution in [0.5, 0.6) is 5.75 Å². The number of methoxy groups -OCH3 is 1. The van der Waals surface area contributed by atoms with E-state index < -0.39 is 0 Å². The van der Waals surface area contributed by atoms with Crippen LogP contribution in [-0.2, 0) is 13.0 Å². The number of benzene rings is 2. The van der Waals surface area contributed by atoms with E-state index in [1.165, 1.54) is 49.7 Å². The van der Waals surface area contributed by atoms with Crippen LogP contribution in [-0.4, -0.2) is 13.2 Å². The molecule has 3 aliphatic rings. The molecule has 5 atom stereocenters. The number of hydrogen-bond acceptors (Lipinski definition) is 2. The molecule has 154 valence electrons. The standard InChI is InChI=1S/C26H32ClNO/c1-26-14-13-21-20-10-8-19(29-2)15-17(20)7-9-22(21)23(26)11-12-25(26)28-16-18-5-3-4-6-24(18)27/h3-6,8,10,15,21-23,25,28H,7,9,11-14,16H2,1-2H3/t21-,22-,23+,25+,26+/m1/s1. The van der Waals surface area contributed by atoms with Gasteiger partial charge in [0.05, 0.1) is 7.11 Å². The summed E-state index contributed by atoms with van der Waals surface area (Å²) in [4.78, 5) is 0. The second-order valence-corrected chi connectivity index (χ2v) is 10.0. The molecule has 0 heterocycles. The van der Waals surface area contributed by atoms with E-state index in [4.69, 9.17) is 16.3 Å². The van der Waals surface area contributed by atoms with Gasteiger partial charge in [0, 0.05) is 17.6 Å². The number of fused-ring (bicyclic) bond motifs is 5. The zero-order valence-corrected chi connectivity index (χ0v) is 18.3. The van der Waals surface area contributed by atoms with E-state index >= 15 is 0 Å². The Labute approximate surface area is 180 Å². The molecule has 0 radical (unpaired) electrons. The molecule has 2 aromatic carbocycles. The normalized spacial score (nSPS) is 32.9. The maximum Gasteiger partial charge on any atom is 0.119 e. The van der Waals surface area contributed by atoms with Gasteiger partial charge in [0.2, 0.25) is 0 Å². The predicted molar refractivity (Wildman–Crippen MR) is 120 cm³/mol. The molecule has 0 aliphatic heterocycles. The molecular formula is C26H32ClNO. The van der Waals surface area contributed by atoms with Crippen LogP contribution in [0.3, 0.4) is 0 Å². The van der Waals surface area contributed by atoms with Gasteiger partial charge in [0.15, 0.2) is 0 Å². The average Bonchev–Trinajstić information content (AvgIpc) is 3.09.